The number of aliphatic hydroxyl groups is 1. The molecule has 0 saturated carbocycles. The predicted octanol–water partition coefficient (Wildman–Crippen LogP) is 2.19. The van der Waals surface area contributed by atoms with Crippen LogP contribution in [0.15, 0.2) is 16.5 Å². The van der Waals surface area contributed by atoms with Crippen LogP contribution in [0.3, 0.4) is 0 Å². The molecule has 3 nitrogen and oxygen atoms in total. The molecule has 0 saturated heterocycles. The highest BCUT2D eigenvalue weighted by Gasteiger charge is 2.00. The fourth-order valence-corrected chi connectivity index (χ4v) is 1.36. The predicted molar refractivity (Wildman–Crippen MR) is 53.4 cm³/mol. The second-order valence-corrected chi connectivity index (χ2v) is 3.31. The molecule has 1 aromatic heterocycles. The van der Waals surface area contributed by atoms with Crippen LogP contribution in [0, 0.1) is 0 Å². The average Bonchev–Trinajstić information content (AvgIpc) is 2.65. The Morgan fingerprint density at radius 3 is 2.64 bits per heavy atom. The summed E-state index contributed by atoms with van der Waals surface area (Å²) in [5.41, 5.74) is 0. The molecule has 1 heterocycles. The first-order chi connectivity index (χ1) is 6.86. The largest absolute Gasteiger partial charge is 0.458 e. The Bertz CT molecular complexity index is 265. The van der Waals surface area contributed by atoms with E-state index >= 15 is 0 Å². The maximum absolute atomic E-state index is 10.3. The van der Waals surface area contributed by atoms with E-state index in [2.05, 4.69) is 0 Å². The maximum atomic E-state index is 10.3. The molecule has 0 aliphatic heterocycles. The minimum atomic E-state index is 0.274. The van der Waals surface area contributed by atoms with Gasteiger partial charge < -0.3 is 9.52 Å². The molecule has 3 heteroatoms. The van der Waals surface area contributed by atoms with E-state index in [1.165, 1.54) is 0 Å². The summed E-state index contributed by atoms with van der Waals surface area (Å²) in [6, 6.07) is 3.53. The van der Waals surface area contributed by atoms with Crippen LogP contribution in [0.2, 0.25) is 0 Å². The van der Waals surface area contributed by atoms with Gasteiger partial charge in [0.15, 0.2) is 12.0 Å². The molecule has 0 bridgehead atoms. The zero-order chi connectivity index (χ0) is 10.2. The molecule has 0 unspecified atom stereocenters. The molecule has 0 aliphatic rings. The minimum Gasteiger partial charge on any atom is -0.458 e. The van der Waals surface area contributed by atoms with Crippen LogP contribution in [-0.2, 0) is 6.42 Å². The summed E-state index contributed by atoms with van der Waals surface area (Å²) in [5.74, 6) is 1.27. The van der Waals surface area contributed by atoms with E-state index in [1.54, 1.807) is 6.07 Å². The first-order valence-electron chi connectivity index (χ1n) is 5.01. The molecule has 0 amide bonds. The van der Waals surface area contributed by atoms with Gasteiger partial charge in [0.2, 0.25) is 0 Å². The number of furan rings is 1. The van der Waals surface area contributed by atoms with Crippen molar-refractivity contribution in [3.8, 4) is 0 Å². The third-order valence-electron chi connectivity index (χ3n) is 2.13. The van der Waals surface area contributed by atoms with Crippen molar-refractivity contribution >= 4 is 6.29 Å². The zero-order valence-electron chi connectivity index (χ0n) is 8.24. The van der Waals surface area contributed by atoms with Crippen molar-refractivity contribution in [1.82, 2.24) is 0 Å². The molecule has 0 fully saturated rings. The first kappa shape index (κ1) is 11.0. The van der Waals surface area contributed by atoms with E-state index in [9.17, 15) is 4.79 Å². The highest BCUT2D eigenvalue weighted by Crippen LogP contribution is 2.10. The number of hydrogen-bond acceptors (Lipinski definition) is 3. The van der Waals surface area contributed by atoms with Crippen molar-refractivity contribution in [1.29, 1.82) is 0 Å². The van der Waals surface area contributed by atoms with Crippen LogP contribution in [0.25, 0.3) is 0 Å². The Balaban J connectivity index is 2.14. The standard InChI is InChI=1S/C11H16O3/c12-8-4-2-1-3-5-10-6-7-11(9-13)14-10/h6-7,9,12H,1-5,8H2. The van der Waals surface area contributed by atoms with Crippen LogP contribution < -0.4 is 0 Å². The average molecular weight is 196 g/mol. The SMILES string of the molecule is O=Cc1ccc(CCCCCCO)o1. The normalized spacial score (nSPS) is 10.4. The van der Waals surface area contributed by atoms with Crippen LogP contribution in [0.1, 0.15) is 42.0 Å². The van der Waals surface area contributed by atoms with Crippen LogP contribution in [0.5, 0.6) is 0 Å². The van der Waals surface area contributed by atoms with E-state index < -0.39 is 0 Å². The fraction of sp³-hybridized carbons (Fsp3) is 0.545. The highest BCUT2D eigenvalue weighted by atomic mass is 16.3. The summed E-state index contributed by atoms with van der Waals surface area (Å²) in [6.45, 7) is 0.274. The number of unbranched alkanes of at least 4 members (excludes halogenated alkanes) is 3. The van der Waals surface area contributed by atoms with Crippen molar-refractivity contribution in [3.63, 3.8) is 0 Å². The van der Waals surface area contributed by atoms with Crippen molar-refractivity contribution < 1.29 is 14.3 Å². The Morgan fingerprint density at radius 2 is 2.00 bits per heavy atom. The Kier molecular flexibility index (Phi) is 5.00. The third kappa shape index (κ3) is 3.75. The molecule has 0 radical (unpaired) electrons. The monoisotopic (exact) mass is 196 g/mol. The quantitative estimate of drug-likeness (QED) is 0.537. The number of aliphatic hydroxyl groups excluding tert-OH is 1. The van der Waals surface area contributed by atoms with Gasteiger partial charge >= 0.3 is 0 Å². The lowest BCUT2D eigenvalue weighted by molar-refractivity contribution is 0.109. The van der Waals surface area contributed by atoms with Crippen molar-refractivity contribution in [3.05, 3.63) is 23.7 Å². The van der Waals surface area contributed by atoms with Crippen molar-refractivity contribution in [2.45, 2.75) is 32.1 Å². The second kappa shape index (κ2) is 6.38. The van der Waals surface area contributed by atoms with E-state index in [4.69, 9.17) is 9.52 Å². The smallest absolute Gasteiger partial charge is 0.185 e. The van der Waals surface area contributed by atoms with Gasteiger partial charge in [-0.05, 0) is 25.0 Å². The lowest BCUT2D eigenvalue weighted by Crippen LogP contribution is -1.86. The molecule has 1 N–H and O–H groups in total. The number of aldehydes is 1. The van der Waals surface area contributed by atoms with E-state index in [0.29, 0.717) is 5.76 Å². The number of aryl methyl sites for hydroxylation is 1. The number of hydrogen-bond donors (Lipinski definition) is 1. The highest BCUT2D eigenvalue weighted by molar-refractivity contribution is 5.70. The summed E-state index contributed by atoms with van der Waals surface area (Å²) in [4.78, 5) is 10.3. The lowest BCUT2D eigenvalue weighted by atomic mass is 10.1. The van der Waals surface area contributed by atoms with Gasteiger partial charge in [0.1, 0.15) is 5.76 Å². The molecular weight excluding hydrogens is 180 g/mol. The Labute approximate surface area is 83.7 Å². The molecule has 78 valence electrons. The van der Waals surface area contributed by atoms with Gasteiger partial charge in [-0.15, -0.1) is 0 Å². The van der Waals surface area contributed by atoms with Gasteiger partial charge in [0.25, 0.3) is 0 Å². The van der Waals surface area contributed by atoms with Gasteiger partial charge in [-0.2, -0.15) is 0 Å². The minimum absolute atomic E-state index is 0.274. The van der Waals surface area contributed by atoms with Crippen molar-refractivity contribution in [2.75, 3.05) is 6.61 Å². The van der Waals surface area contributed by atoms with Gasteiger partial charge in [-0.3, -0.25) is 4.79 Å². The van der Waals surface area contributed by atoms with Gasteiger partial charge in [-0.1, -0.05) is 12.8 Å². The maximum Gasteiger partial charge on any atom is 0.185 e. The molecule has 0 aliphatic carbocycles. The lowest BCUT2D eigenvalue weighted by Gasteiger charge is -1.97. The van der Waals surface area contributed by atoms with Crippen LogP contribution in [0.4, 0.5) is 0 Å². The van der Waals surface area contributed by atoms with E-state index in [0.717, 1.165) is 44.2 Å². The Hall–Kier alpha value is -1.09. The number of rotatable bonds is 7. The first-order valence-corrected chi connectivity index (χ1v) is 5.01. The fourth-order valence-electron chi connectivity index (χ4n) is 1.36. The summed E-state index contributed by atoms with van der Waals surface area (Å²) in [6.07, 6.45) is 5.66. The van der Waals surface area contributed by atoms with Crippen LogP contribution in [-0.4, -0.2) is 18.0 Å². The summed E-state index contributed by atoms with van der Waals surface area (Å²) >= 11 is 0. The van der Waals surface area contributed by atoms with Gasteiger partial charge in [-0.25, -0.2) is 0 Å². The Morgan fingerprint density at radius 1 is 1.21 bits per heavy atom. The molecular formula is C11H16O3. The van der Waals surface area contributed by atoms with Gasteiger partial charge in [0, 0.05) is 13.0 Å². The number of carbonyl (C=O) groups excluding carboxylic acids is 1. The van der Waals surface area contributed by atoms with E-state index in [-0.39, 0.29) is 6.61 Å². The van der Waals surface area contributed by atoms with Gasteiger partial charge in [0.05, 0.1) is 0 Å². The second-order valence-electron chi connectivity index (χ2n) is 3.31. The topological polar surface area (TPSA) is 50.4 Å². The summed E-state index contributed by atoms with van der Waals surface area (Å²) in [5, 5.41) is 8.56. The van der Waals surface area contributed by atoms with Crippen molar-refractivity contribution in [2.24, 2.45) is 0 Å². The summed E-state index contributed by atoms with van der Waals surface area (Å²) < 4.78 is 5.22. The third-order valence-corrected chi connectivity index (χ3v) is 2.13. The van der Waals surface area contributed by atoms with Crippen LogP contribution >= 0.6 is 0 Å². The molecule has 0 aromatic carbocycles. The van der Waals surface area contributed by atoms with E-state index in [1.807, 2.05) is 6.07 Å². The molecule has 14 heavy (non-hydrogen) atoms. The summed E-state index contributed by atoms with van der Waals surface area (Å²) in [7, 11) is 0. The molecule has 1 aromatic rings. The molecule has 1 rings (SSSR count). The zero-order valence-corrected chi connectivity index (χ0v) is 8.24. The molecule has 0 atom stereocenters. The molecule has 0 spiro atoms. The number of carbonyl (C=O) groups is 1.